The Labute approximate surface area is 189 Å². The van der Waals surface area contributed by atoms with Crippen molar-refractivity contribution in [3.05, 3.63) is 78.3 Å². The van der Waals surface area contributed by atoms with Gasteiger partial charge in [0.25, 0.3) is 10.0 Å². The van der Waals surface area contributed by atoms with E-state index in [4.69, 9.17) is 0 Å². The van der Waals surface area contributed by atoms with Crippen molar-refractivity contribution in [2.45, 2.75) is 11.3 Å². The smallest absolute Gasteiger partial charge is 0.263 e. The van der Waals surface area contributed by atoms with Gasteiger partial charge in [0.2, 0.25) is 5.91 Å². The molecule has 0 bridgehead atoms. The Morgan fingerprint density at radius 1 is 1.00 bits per heavy atom. The van der Waals surface area contributed by atoms with Crippen LogP contribution in [0.2, 0.25) is 0 Å². The summed E-state index contributed by atoms with van der Waals surface area (Å²) >= 11 is 0. The number of amides is 1. The Balaban J connectivity index is 1.34. The second-order valence-electron chi connectivity index (χ2n) is 7.47. The molecule has 4 rings (SSSR count). The van der Waals surface area contributed by atoms with Gasteiger partial charge in [0, 0.05) is 44.1 Å². The summed E-state index contributed by atoms with van der Waals surface area (Å²) < 4.78 is 54.3. The van der Waals surface area contributed by atoms with Crippen molar-refractivity contribution in [1.82, 2.24) is 14.9 Å². The predicted molar refractivity (Wildman–Crippen MR) is 118 cm³/mol. The molecule has 3 aromatic rings. The van der Waals surface area contributed by atoms with Gasteiger partial charge < -0.3 is 9.80 Å². The van der Waals surface area contributed by atoms with Gasteiger partial charge in [0.15, 0.2) is 0 Å². The first-order valence-corrected chi connectivity index (χ1v) is 11.7. The minimum atomic E-state index is -3.78. The molecule has 0 atom stereocenters. The molecular formula is C22H21F2N5O3S. The second kappa shape index (κ2) is 9.49. The first kappa shape index (κ1) is 22.6. The number of hydrogen-bond donors (Lipinski definition) is 1. The fourth-order valence-electron chi connectivity index (χ4n) is 3.54. The number of benzene rings is 2. The van der Waals surface area contributed by atoms with Gasteiger partial charge in [-0.1, -0.05) is 6.07 Å². The number of sulfonamides is 1. The second-order valence-corrected chi connectivity index (χ2v) is 9.16. The highest BCUT2D eigenvalue weighted by atomic mass is 32.2. The number of piperazine rings is 1. The molecule has 2 aromatic carbocycles. The minimum absolute atomic E-state index is 0.0972. The van der Waals surface area contributed by atoms with Gasteiger partial charge in [-0.2, -0.15) is 0 Å². The maximum atomic E-state index is 13.8. The molecule has 1 amide bonds. The van der Waals surface area contributed by atoms with Crippen molar-refractivity contribution < 1.29 is 22.0 Å². The molecule has 172 valence electrons. The first-order chi connectivity index (χ1) is 15.8. The molecule has 11 heteroatoms. The summed E-state index contributed by atoms with van der Waals surface area (Å²) in [5.74, 6) is -1.46. The zero-order chi connectivity index (χ0) is 23.4. The number of aromatic nitrogens is 2. The van der Waals surface area contributed by atoms with Crippen LogP contribution in [0.3, 0.4) is 0 Å². The largest absolute Gasteiger partial charge is 0.368 e. The zero-order valence-corrected chi connectivity index (χ0v) is 18.3. The van der Waals surface area contributed by atoms with E-state index < -0.39 is 21.7 Å². The van der Waals surface area contributed by atoms with E-state index >= 15 is 0 Å². The molecule has 1 aromatic heterocycles. The number of carbonyl (C=O) groups is 1. The number of halogens is 2. The molecule has 0 aliphatic carbocycles. The Kier molecular flexibility index (Phi) is 6.50. The quantitative estimate of drug-likeness (QED) is 0.591. The Bertz CT molecular complexity index is 1230. The Hall–Kier alpha value is -3.60. The fraction of sp³-hybridized carbons (Fsp3) is 0.227. The topological polar surface area (TPSA) is 95.5 Å². The average molecular weight is 474 g/mol. The van der Waals surface area contributed by atoms with Crippen LogP contribution in [0.25, 0.3) is 0 Å². The van der Waals surface area contributed by atoms with Gasteiger partial charge in [-0.3, -0.25) is 9.52 Å². The molecule has 1 aliphatic rings. The maximum absolute atomic E-state index is 13.8. The molecule has 2 heterocycles. The van der Waals surface area contributed by atoms with Crippen molar-refractivity contribution in [3.63, 3.8) is 0 Å². The molecule has 8 nitrogen and oxygen atoms in total. The van der Waals surface area contributed by atoms with Gasteiger partial charge in [-0.25, -0.2) is 27.2 Å². The van der Waals surface area contributed by atoms with E-state index in [1.54, 1.807) is 17.0 Å². The van der Waals surface area contributed by atoms with Crippen molar-refractivity contribution in [3.8, 4) is 0 Å². The van der Waals surface area contributed by atoms with E-state index in [1.807, 2.05) is 4.90 Å². The van der Waals surface area contributed by atoms with E-state index in [2.05, 4.69) is 14.7 Å². The highest BCUT2D eigenvalue weighted by Crippen LogP contribution is 2.21. The summed E-state index contributed by atoms with van der Waals surface area (Å²) in [6.45, 7) is 1.97. The molecule has 0 radical (unpaired) electrons. The molecule has 1 saturated heterocycles. The summed E-state index contributed by atoms with van der Waals surface area (Å²) in [6.07, 6.45) is 2.56. The van der Waals surface area contributed by atoms with Gasteiger partial charge in [0.1, 0.15) is 23.8 Å². The first-order valence-electron chi connectivity index (χ1n) is 10.2. The molecule has 33 heavy (non-hydrogen) atoms. The summed E-state index contributed by atoms with van der Waals surface area (Å²) in [4.78, 5) is 23.9. The maximum Gasteiger partial charge on any atom is 0.263 e. The monoisotopic (exact) mass is 473 g/mol. The Morgan fingerprint density at radius 2 is 1.73 bits per heavy atom. The number of nitrogens with zero attached hydrogens (tertiary/aromatic N) is 4. The predicted octanol–water partition coefficient (Wildman–Crippen LogP) is 2.45. The summed E-state index contributed by atoms with van der Waals surface area (Å²) in [6, 6.07) is 11.1. The lowest BCUT2D eigenvalue weighted by Crippen LogP contribution is -2.49. The number of hydrogen-bond acceptors (Lipinski definition) is 6. The highest BCUT2D eigenvalue weighted by molar-refractivity contribution is 7.92. The van der Waals surface area contributed by atoms with Crippen molar-refractivity contribution >= 4 is 27.4 Å². The number of anilines is 2. The zero-order valence-electron chi connectivity index (χ0n) is 17.5. The lowest BCUT2D eigenvalue weighted by Gasteiger charge is -2.36. The van der Waals surface area contributed by atoms with Crippen LogP contribution >= 0.6 is 0 Å². The standard InChI is InChI=1S/C22H21F2N5O3S/c23-17-2-1-16(20(24)14-17)13-22(30)29-11-9-28(10-12-29)18-3-5-19(6-4-18)33(31,32)27-21-7-8-25-15-26-21/h1-8,14-15H,9-13H2,(H,25,26,27). The lowest BCUT2D eigenvalue weighted by molar-refractivity contribution is -0.130. The molecule has 1 N–H and O–H groups in total. The van der Waals surface area contributed by atoms with E-state index in [1.165, 1.54) is 36.8 Å². The number of rotatable bonds is 6. The van der Waals surface area contributed by atoms with E-state index in [0.29, 0.717) is 26.2 Å². The minimum Gasteiger partial charge on any atom is -0.368 e. The Morgan fingerprint density at radius 3 is 2.36 bits per heavy atom. The van der Waals surface area contributed by atoms with Gasteiger partial charge in [-0.15, -0.1) is 0 Å². The van der Waals surface area contributed by atoms with E-state index in [-0.39, 0.29) is 28.6 Å². The summed E-state index contributed by atoms with van der Waals surface area (Å²) in [5, 5.41) is 0. The molecule has 0 spiro atoms. The van der Waals surface area contributed by atoms with Crippen LogP contribution in [0.15, 0.2) is 66.0 Å². The molecule has 0 unspecified atom stereocenters. The van der Waals surface area contributed by atoms with Crippen LogP contribution in [0, 0.1) is 11.6 Å². The SMILES string of the molecule is O=C(Cc1ccc(F)cc1F)N1CCN(c2ccc(S(=O)(=O)Nc3ccncn3)cc2)CC1. The van der Waals surface area contributed by atoms with Crippen LogP contribution in [-0.2, 0) is 21.2 Å². The highest BCUT2D eigenvalue weighted by Gasteiger charge is 2.23. The third-order valence-corrected chi connectivity index (χ3v) is 6.69. The van der Waals surface area contributed by atoms with Gasteiger partial charge in [-0.05, 0) is 42.0 Å². The summed E-state index contributed by atoms with van der Waals surface area (Å²) in [5.41, 5.74) is 0.990. The molecule has 1 aliphatic heterocycles. The average Bonchev–Trinajstić information content (AvgIpc) is 2.81. The molecule has 1 fully saturated rings. The van der Waals surface area contributed by atoms with Crippen LogP contribution in [0.5, 0.6) is 0 Å². The number of carbonyl (C=O) groups excluding carboxylic acids is 1. The van der Waals surface area contributed by atoms with Crippen LogP contribution in [0.4, 0.5) is 20.3 Å². The van der Waals surface area contributed by atoms with E-state index in [0.717, 1.165) is 17.8 Å². The van der Waals surface area contributed by atoms with Crippen LogP contribution < -0.4 is 9.62 Å². The van der Waals surface area contributed by atoms with Gasteiger partial charge >= 0.3 is 0 Å². The third kappa shape index (κ3) is 5.43. The lowest BCUT2D eigenvalue weighted by atomic mass is 10.1. The van der Waals surface area contributed by atoms with Gasteiger partial charge in [0.05, 0.1) is 11.3 Å². The fourth-order valence-corrected chi connectivity index (χ4v) is 4.55. The van der Waals surface area contributed by atoms with Crippen molar-refractivity contribution in [2.24, 2.45) is 0 Å². The third-order valence-electron chi connectivity index (χ3n) is 5.32. The molecule has 0 saturated carbocycles. The van der Waals surface area contributed by atoms with Crippen molar-refractivity contribution in [2.75, 3.05) is 35.8 Å². The molecular weight excluding hydrogens is 452 g/mol. The summed E-state index contributed by atoms with van der Waals surface area (Å²) in [7, 11) is -3.78. The van der Waals surface area contributed by atoms with E-state index in [9.17, 15) is 22.0 Å². The number of nitrogens with one attached hydrogen (secondary N) is 1. The van der Waals surface area contributed by atoms with Crippen LogP contribution in [0.1, 0.15) is 5.56 Å². The van der Waals surface area contributed by atoms with Crippen LogP contribution in [-0.4, -0.2) is 55.4 Å². The van der Waals surface area contributed by atoms with Crippen molar-refractivity contribution in [1.29, 1.82) is 0 Å². The normalized spacial score (nSPS) is 14.2.